The van der Waals surface area contributed by atoms with Crippen molar-refractivity contribution in [2.45, 2.75) is 26.4 Å². The van der Waals surface area contributed by atoms with Gasteiger partial charge in [0.1, 0.15) is 0 Å². The maximum absolute atomic E-state index is 5.56. The van der Waals surface area contributed by atoms with E-state index in [-0.39, 0.29) is 6.29 Å². The van der Waals surface area contributed by atoms with Gasteiger partial charge in [0.15, 0.2) is 6.29 Å². The predicted octanol–water partition coefficient (Wildman–Crippen LogP) is 2.64. The Morgan fingerprint density at radius 3 is 2.21 bits per heavy atom. The third kappa shape index (κ3) is 2.03. The van der Waals surface area contributed by atoms with Crippen LogP contribution < -0.4 is 0 Å². The average molecular weight is 190 g/mol. The molecule has 0 aromatic heterocycles. The van der Waals surface area contributed by atoms with Gasteiger partial charge in [0.25, 0.3) is 0 Å². The molecule has 2 rings (SSSR count). The highest BCUT2D eigenvalue weighted by molar-refractivity contribution is 5.26. The molecule has 1 aromatic rings. The van der Waals surface area contributed by atoms with E-state index in [1.54, 1.807) is 0 Å². The van der Waals surface area contributed by atoms with E-state index in [2.05, 4.69) is 12.1 Å². The fourth-order valence-corrected chi connectivity index (χ4v) is 1.50. The summed E-state index contributed by atoms with van der Waals surface area (Å²) in [6, 6.07) is 8.21. The largest absolute Gasteiger partial charge is 0.344 e. The second kappa shape index (κ2) is 4.40. The second-order valence-corrected chi connectivity index (χ2v) is 3.28. The minimum Gasteiger partial charge on any atom is -0.344 e. The second-order valence-electron chi connectivity index (χ2n) is 3.28. The molecule has 1 heterocycles. The average Bonchev–Trinajstić information content (AvgIpc) is 2.42. The lowest BCUT2D eigenvalue weighted by molar-refractivity contribution is -0.117. The molecule has 0 aliphatic carbocycles. The van der Waals surface area contributed by atoms with E-state index in [1.807, 2.05) is 31.2 Å². The summed E-state index contributed by atoms with van der Waals surface area (Å²) >= 11 is 0. The van der Waals surface area contributed by atoms with Crippen LogP contribution in [0.4, 0.5) is 0 Å². The number of allylic oxidation sites excluding steroid dienone is 1. The highest BCUT2D eigenvalue weighted by Crippen LogP contribution is 2.18. The lowest BCUT2D eigenvalue weighted by atomic mass is 10.1. The Morgan fingerprint density at radius 2 is 1.71 bits per heavy atom. The molecule has 0 fully saturated rings. The maximum atomic E-state index is 5.56. The third-order valence-electron chi connectivity index (χ3n) is 2.27. The van der Waals surface area contributed by atoms with E-state index in [0.717, 1.165) is 0 Å². The summed E-state index contributed by atoms with van der Waals surface area (Å²) in [7, 11) is 0. The first-order valence-electron chi connectivity index (χ1n) is 4.83. The molecule has 0 spiro atoms. The first-order valence-corrected chi connectivity index (χ1v) is 4.83. The van der Waals surface area contributed by atoms with Crippen molar-refractivity contribution in [1.29, 1.82) is 0 Å². The highest BCUT2D eigenvalue weighted by Gasteiger charge is 2.13. The number of benzene rings is 1. The van der Waals surface area contributed by atoms with Crippen LogP contribution in [-0.2, 0) is 22.7 Å². The number of hydrogen-bond donors (Lipinski definition) is 0. The standard InChI is InChI=1S/C12H14O2/c1-2-5-12-13-8-10-6-3-4-7-11(10)9-14-12/h2-7,12H,8-9H2,1H3. The summed E-state index contributed by atoms with van der Waals surface area (Å²) in [5.74, 6) is 0. The molecule has 0 saturated heterocycles. The molecule has 1 aromatic carbocycles. The van der Waals surface area contributed by atoms with Crippen LogP contribution in [0.25, 0.3) is 0 Å². The van der Waals surface area contributed by atoms with Gasteiger partial charge in [0.05, 0.1) is 13.2 Å². The van der Waals surface area contributed by atoms with Gasteiger partial charge < -0.3 is 9.47 Å². The van der Waals surface area contributed by atoms with Crippen molar-refractivity contribution in [3.05, 3.63) is 47.5 Å². The van der Waals surface area contributed by atoms with Gasteiger partial charge in [-0.25, -0.2) is 0 Å². The molecule has 0 radical (unpaired) electrons. The van der Waals surface area contributed by atoms with E-state index >= 15 is 0 Å². The molecular weight excluding hydrogens is 176 g/mol. The van der Waals surface area contributed by atoms with Crippen LogP contribution in [0.1, 0.15) is 18.1 Å². The molecule has 2 heteroatoms. The Hall–Kier alpha value is -1.12. The maximum Gasteiger partial charge on any atom is 0.177 e. The Balaban J connectivity index is 2.14. The lowest BCUT2D eigenvalue weighted by Gasteiger charge is -2.09. The van der Waals surface area contributed by atoms with Crippen LogP contribution in [-0.4, -0.2) is 6.29 Å². The fourth-order valence-electron chi connectivity index (χ4n) is 1.50. The Bertz CT molecular complexity index is 304. The molecule has 0 unspecified atom stereocenters. The summed E-state index contributed by atoms with van der Waals surface area (Å²) in [5, 5.41) is 0. The van der Waals surface area contributed by atoms with Crippen LogP contribution in [0, 0.1) is 0 Å². The van der Waals surface area contributed by atoms with Gasteiger partial charge in [-0.1, -0.05) is 30.3 Å². The SMILES string of the molecule is CC=CC1OCc2ccccc2CO1. The fraction of sp³-hybridized carbons (Fsp3) is 0.333. The van der Waals surface area contributed by atoms with Crippen molar-refractivity contribution in [1.82, 2.24) is 0 Å². The molecule has 0 N–H and O–H groups in total. The Labute approximate surface area is 84.2 Å². The van der Waals surface area contributed by atoms with E-state index in [1.165, 1.54) is 11.1 Å². The third-order valence-corrected chi connectivity index (χ3v) is 2.27. The van der Waals surface area contributed by atoms with Crippen molar-refractivity contribution in [2.75, 3.05) is 0 Å². The van der Waals surface area contributed by atoms with Crippen molar-refractivity contribution in [3.63, 3.8) is 0 Å². The minimum atomic E-state index is -0.201. The molecule has 0 saturated carbocycles. The molecule has 1 aliphatic heterocycles. The van der Waals surface area contributed by atoms with Gasteiger partial charge in [-0.2, -0.15) is 0 Å². The van der Waals surface area contributed by atoms with Crippen molar-refractivity contribution in [3.8, 4) is 0 Å². The van der Waals surface area contributed by atoms with Crippen molar-refractivity contribution < 1.29 is 9.47 Å². The Morgan fingerprint density at radius 1 is 1.14 bits per heavy atom. The van der Waals surface area contributed by atoms with Crippen LogP contribution >= 0.6 is 0 Å². The molecule has 74 valence electrons. The topological polar surface area (TPSA) is 18.5 Å². The van der Waals surface area contributed by atoms with Gasteiger partial charge in [-0.15, -0.1) is 0 Å². The minimum absolute atomic E-state index is 0.201. The molecule has 1 aliphatic rings. The summed E-state index contributed by atoms with van der Waals surface area (Å²) in [6.45, 7) is 3.22. The van der Waals surface area contributed by atoms with Crippen molar-refractivity contribution >= 4 is 0 Å². The molecule has 2 nitrogen and oxygen atoms in total. The molecular formula is C12H14O2. The van der Waals surface area contributed by atoms with E-state index in [0.29, 0.717) is 13.2 Å². The smallest absolute Gasteiger partial charge is 0.177 e. The van der Waals surface area contributed by atoms with Gasteiger partial charge in [0, 0.05) is 0 Å². The summed E-state index contributed by atoms with van der Waals surface area (Å²) in [5.41, 5.74) is 2.44. The van der Waals surface area contributed by atoms with Crippen molar-refractivity contribution in [2.24, 2.45) is 0 Å². The quantitative estimate of drug-likeness (QED) is 0.634. The first-order chi connectivity index (χ1) is 6.90. The number of rotatable bonds is 1. The predicted molar refractivity (Wildman–Crippen MR) is 54.6 cm³/mol. The monoisotopic (exact) mass is 190 g/mol. The van der Waals surface area contributed by atoms with Crippen LogP contribution in [0.2, 0.25) is 0 Å². The highest BCUT2D eigenvalue weighted by atomic mass is 16.7. The molecule has 14 heavy (non-hydrogen) atoms. The zero-order chi connectivity index (χ0) is 9.80. The van der Waals surface area contributed by atoms with E-state index < -0.39 is 0 Å². The van der Waals surface area contributed by atoms with E-state index in [9.17, 15) is 0 Å². The number of ether oxygens (including phenoxy) is 2. The molecule has 0 atom stereocenters. The summed E-state index contributed by atoms with van der Waals surface area (Å²) in [6.07, 6.45) is 3.67. The summed E-state index contributed by atoms with van der Waals surface area (Å²) in [4.78, 5) is 0. The van der Waals surface area contributed by atoms with Crippen LogP contribution in [0.3, 0.4) is 0 Å². The zero-order valence-electron chi connectivity index (χ0n) is 8.27. The molecule has 0 bridgehead atoms. The van der Waals surface area contributed by atoms with Crippen LogP contribution in [0.5, 0.6) is 0 Å². The molecule has 0 amide bonds. The normalized spacial score (nSPS) is 18.1. The van der Waals surface area contributed by atoms with Gasteiger partial charge in [-0.05, 0) is 24.1 Å². The van der Waals surface area contributed by atoms with Gasteiger partial charge in [0.2, 0.25) is 0 Å². The van der Waals surface area contributed by atoms with Gasteiger partial charge in [-0.3, -0.25) is 0 Å². The summed E-state index contributed by atoms with van der Waals surface area (Å²) < 4.78 is 11.1. The van der Waals surface area contributed by atoms with Gasteiger partial charge >= 0.3 is 0 Å². The number of hydrogen-bond acceptors (Lipinski definition) is 2. The number of fused-ring (bicyclic) bond motifs is 1. The van der Waals surface area contributed by atoms with E-state index in [4.69, 9.17) is 9.47 Å². The van der Waals surface area contributed by atoms with Crippen LogP contribution in [0.15, 0.2) is 36.4 Å². The first kappa shape index (κ1) is 9.44. The Kier molecular flexibility index (Phi) is 2.96. The lowest BCUT2D eigenvalue weighted by Crippen LogP contribution is -2.10. The zero-order valence-corrected chi connectivity index (χ0v) is 8.27.